The Morgan fingerprint density at radius 3 is 2.16 bits per heavy atom. The predicted octanol–water partition coefficient (Wildman–Crippen LogP) is 5.42. The van der Waals surface area contributed by atoms with Crippen molar-refractivity contribution >= 4 is 5.78 Å². The number of carbonyl (C=O) groups excluding carboxylic acids is 1. The standard InChI is InChI=1S/C23H37NO/c1-17(2)23(25)22(15-20-13-11-19(5)12-14-20)24(18(3)4)16-21-9-7-6-8-10-21/h11-14,17-18,21-22H,6-10,15-16H2,1-5H3/t22-/m0/s1. The quantitative estimate of drug-likeness (QED) is 0.628. The van der Waals surface area contributed by atoms with Crippen molar-refractivity contribution in [1.29, 1.82) is 0 Å². The summed E-state index contributed by atoms with van der Waals surface area (Å²) in [5.41, 5.74) is 2.55. The highest BCUT2D eigenvalue weighted by molar-refractivity contribution is 5.86. The fourth-order valence-corrected chi connectivity index (χ4v) is 4.08. The van der Waals surface area contributed by atoms with Gasteiger partial charge >= 0.3 is 0 Å². The van der Waals surface area contributed by atoms with Crippen LogP contribution in [0, 0.1) is 18.8 Å². The number of rotatable bonds is 8. The van der Waals surface area contributed by atoms with Gasteiger partial charge in [0.05, 0.1) is 6.04 Å². The molecule has 0 aliphatic heterocycles. The molecule has 0 radical (unpaired) electrons. The van der Waals surface area contributed by atoms with E-state index in [-0.39, 0.29) is 12.0 Å². The summed E-state index contributed by atoms with van der Waals surface area (Å²) in [6, 6.07) is 9.11. The Morgan fingerprint density at radius 2 is 1.64 bits per heavy atom. The summed E-state index contributed by atoms with van der Waals surface area (Å²) in [5.74, 6) is 1.24. The molecule has 1 saturated carbocycles. The SMILES string of the molecule is Cc1ccc(C[C@@H](C(=O)C(C)C)N(CC2CCCCC2)C(C)C)cc1. The van der Waals surface area contributed by atoms with E-state index < -0.39 is 0 Å². The normalized spacial score (nSPS) is 17.4. The molecule has 1 aliphatic carbocycles. The number of hydrogen-bond acceptors (Lipinski definition) is 2. The summed E-state index contributed by atoms with van der Waals surface area (Å²) in [5, 5.41) is 0. The van der Waals surface area contributed by atoms with Crippen molar-refractivity contribution in [3.8, 4) is 0 Å². The average Bonchev–Trinajstić information content (AvgIpc) is 2.59. The first-order valence-corrected chi connectivity index (χ1v) is 10.2. The summed E-state index contributed by atoms with van der Waals surface area (Å²) >= 11 is 0. The second-order valence-corrected chi connectivity index (χ2v) is 8.56. The Balaban J connectivity index is 2.19. The van der Waals surface area contributed by atoms with Gasteiger partial charge in [-0.1, -0.05) is 62.9 Å². The number of Topliss-reactive ketones (excluding diaryl/α,β-unsaturated/α-hetero) is 1. The number of aryl methyl sites for hydroxylation is 1. The molecule has 0 N–H and O–H groups in total. The molecule has 1 aromatic rings. The van der Waals surface area contributed by atoms with Crippen LogP contribution in [0.5, 0.6) is 0 Å². The molecule has 25 heavy (non-hydrogen) atoms. The first-order chi connectivity index (χ1) is 11.9. The van der Waals surface area contributed by atoms with Crippen molar-refractivity contribution in [2.75, 3.05) is 6.54 Å². The van der Waals surface area contributed by atoms with Crippen LogP contribution in [0.2, 0.25) is 0 Å². The molecule has 0 aromatic heterocycles. The molecule has 0 saturated heterocycles. The molecule has 2 rings (SSSR count). The second-order valence-electron chi connectivity index (χ2n) is 8.56. The Bertz CT molecular complexity index is 526. The van der Waals surface area contributed by atoms with Gasteiger partial charge in [0.25, 0.3) is 0 Å². The van der Waals surface area contributed by atoms with Gasteiger partial charge in [-0.05, 0) is 51.5 Å². The van der Waals surface area contributed by atoms with Gasteiger partial charge in [-0.2, -0.15) is 0 Å². The molecule has 0 heterocycles. The zero-order valence-corrected chi connectivity index (χ0v) is 16.9. The maximum atomic E-state index is 13.1. The van der Waals surface area contributed by atoms with E-state index in [9.17, 15) is 4.79 Å². The monoisotopic (exact) mass is 343 g/mol. The van der Waals surface area contributed by atoms with Crippen molar-refractivity contribution in [3.05, 3.63) is 35.4 Å². The third-order valence-corrected chi connectivity index (χ3v) is 5.70. The van der Waals surface area contributed by atoms with Crippen LogP contribution in [-0.2, 0) is 11.2 Å². The smallest absolute Gasteiger partial charge is 0.152 e. The molecule has 2 heteroatoms. The van der Waals surface area contributed by atoms with E-state index in [1.165, 1.54) is 43.2 Å². The van der Waals surface area contributed by atoms with Crippen molar-refractivity contribution in [3.63, 3.8) is 0 Å². The lowest BCUT2D eigenvalue weighted by Gasteiger charge is -2.38. The van der Waals surface area contributed by atoms with Crippen LogP contribution in [0.25, 0.3) is 0 Å². The topological polar surface area (TPSA) is 20.3 Å². The zero-order valence-electron chi connectivity index (χ0n) is 16.9. The van der Waals surface area contributed by atoms with Gasteiger partial charge in [0.15, 0.2) is 5.78 Å². The zero-order chi connectivity index (χ0) is 18.4. The Hall–Kier alpha value is -1.15. The molecule has 0 unspecified atom stereocenters. The van der Waals surface area contributed by atoms with Gasteiger partial charge < -0.3 is 0 Å². The molecule has 0 bridgehead atoms. The number of ketones is 1. The third-order valence-electron chi connectivity index (χ3n) is 5.70. The molecule has 0 amide bonds. The van der Waals surface area contributed by atoms with Crippen LogP contribution in [-0.4, -0.2) is 29.3 Å². The van der Waals surface area contributed by atoms with Crippen LogP contribution in [0.4, 0.5) is 0 Å². The van der Waals surface area contributed by atoms with Crippen LogP contribution in [0.3, 0.4) is 0 Å². The van der Waals surface area contributed by atoms with Crippen LogP contribution < -0.4 is 0 Å². The average molecular weight is 344 g/mol. The second kappa shape index (κ2) is 9.52. The minimum absolute atomic E-state index is 0.00429. The van der Waals surface area contributed by atoms with Gasteiger partial charge in [-0.3, -0.25) is 9.69 Å². The van der Waals surface area contributed by atoms with Crippen LogP contribution in [0.15, 0.2) is 24.3 Å². The van der Waals surface area contributed by atoms with E-state index in [2.05, 4.69) is 49.9 Å². The summed E-state index contributed by atoms with van der Waals surface area (Å²) in [7, 11) is 0. The van der Waals surface area contributed by atoms with Crippen molar-refractivity contribution in [1.82, 2.24) is 4.90 Å². The van der Waals surface area contributed by atoms with Gasteiger partial charge in [0.1, 0.15) is 0 Å². The molecule has 1 atom stereocenters. The first kappa shape index (κ1) is 20.2. The van der Waals surface area contributed by atoms with E-state index in [1.807, 2.05) is 13.8 Å². The van der Waals surface area contributed by atoms with E-state index in [0.717, 1.165) is 18.9 Å². The molecule has 2 nitrogen and oxygen atoms in total. The van der Waals surface area contributed by atoms with Crippen molar-refractivity contribution in [2.24, 2.45) is 11.8 Å². The summed E-state index contributed by atoms with van der Waals surface area (Å²) < 4.78 is 0. The minimum Gasteiger partial charge on any atom is -0.298 e. The number of nitrogens with zero attached hydrogens (tertiary/aromatic N) is 1. The molecule has 1 fully saturated rings. The van der Waals surface area contributed by atoms with Gasteiger partial charge in [-0.25, -0.2) is 0 Å². The van der Waals surface area contributed by atoms with E-state index in [4.69, 9.17) is 0 Å². The Morgan fingerprint density at radius 1 is 1.04 bits per heavy atom. The third kappa shape index (κ3) is 5.95. The lowest BCUT2D eigenvalue weighted by molar-refractivity contribution is -0.128. The number of benzene rings is 1. The van der Waals surface area contributed by atoms with Gasteiger partial charge in [0, 0.05) is 18.5 Å². The van der Waals surface area contributed by atoms with Crippen LogP contribution in [0.1, 0.15) is 70.9 Å². The molecular weight excluding hydrogens is 306 g/mol. The molecule has 140 valence electrons. The van der Waals surface area contributed by atoms with Crippen molar-refractivity contribution < 1.29 is 4.79 Å². The number of carbonyl (C=O) groups is 1. The van der Waals surface area contributed by atoms with Crippen LogP contribution >= 0.6 is 0 Å². The Kier molecular flexibility index (Phi) is 7.68. The molecule has 0 spiro atoms. The number of hydrogen-bond donors (Lipinski definition) is 0. The highest BCUT2D eigenvalue weighted by Gasteiger charge is 2.31. The van der Waals surface area contributed by atoms with Crippen molar-refractivity contribution in [2.45, 2.75) is 85.2 Å². The Labute approximate surface area is 155 Å². The lowest BCUT2D eigenvalue weighted by Crippen LogP contribution is -2.50. The highest BCUT2D eigenvalue weighted by Crippen LogP contribution is 2.27. The fraction of sp³-hybridized carbons (Fsp3) is 0.696. The molecular formula is C23H37NO. The predicted molar refractivity (Wildman–Crippen MR) is 107 cm³/mol. The fourth-order valence-electron chi connectivity index (χ4n) is 4.08. The maximum absolute atomic E-state index is 13.1. The van der Waals surface area contributed by atoms with E-state index >= 15 is 0 Å². The minimum atomic E-state index is 0.00429. The lowest BCUT2D eigenvalue weighted by atomic mass is 9.87. The largest absolute Gasteiger partial charge is 0.298 e. The van der Waals surface area contributed by atoms with E-state index in [1.54, 1.807) is 0 Å². The highest BCUT2D eigenvalue weighted by atomic mass is 16.1. The molecule has 1 aliphatic rings. The summed E-state index contributed by atoms with van der Waals surface area (Å²) in [6.45, 7) is 11.8. The molecule has 1 aromatic carbocycles. The van der Waals surface area contributed by atoms with Gasteiger partial charge in [-0.15, -0.1) is 0 Å². The van der Waals surface area contributed by atoms with Gasteiger partial charge in [0.2, 0.25) is 0 Å². The summed E-state index contributed by atoms with van der Waals surface area (Å²) in [6.07, 6.45) is 7.60. The first-order valence-electron chi connectivity index (χ1n) is 10.2. The summed E-state index contributed by atoms with van der Waals surface area (Å²) in [4.78, 5) is 15.6. The maximum Gasteiger partial charge on any atom is 0.152 e. The van der Waals surface area contributed by atoms with E-state index in [0.29, 0.717) is 11.8 Å².